The van der Waals surface area contributed by atoms with Crippen molar-refractivity contribution in [3.05, 3.63) is 75.9 Å². The van der Waals surface area contributed by atoms with E-state index < -0.39 is 0 Å². The molecule has 2 aromatic carbocycles. The minimum atomic E-state index is -0.158. The van der Waals surface area contributed by atoms with Crippen LogP contribution in [0.25, 0.3) is 11.1 Å². The van der Waals surface area contributed by atoms with Gasteiger partial charge in [0.1, 0.15) is 11.9 Å². The Morgan fingerprint density at radius 2 is 1.76 bits per heavy atom. The van der Waals surface area contributed by atoms with E-state index >= 15 is 0 Å². The molecule has 4 rings (SSSR count). The van der Waals surface area contributed by atoms with Crippen LogP contribution in [0.15, 0.2) is 59.6 Å². The van der Waals surface area contributed by atoms with E-state index in [-0.39, 0.29) is 5.91 Å². The number of anilines is 1. The van der Waals surface area contributed by atoms with E-state index in [1.54, 1.807) is 44.4 Å². The second-order valence-corrected chi connectivity index (χ2v) is 9.99. The van der Waals surface area contributed by atoms with E-state index in [1.165, 1.54) is 4.90 Å². The normalized spacial score (nSPS) is 14.0. The molecule has 1 fully saturated rings. The summed E-state index contributed by atoms with van der Waals surface area (Å²) in [5.74, 6) is 0.522. The number of hydrogen-bond donors (Lipinski definition) is 0. The van der Waals surface area contributed by atoms with E-state index in [0.717, 1.165) is 47.2 Å². The van der Waals surface area contributed by atoms with Crippen LogP contribution in [0.1, 0.15) is 15.9 Å². The van der Waals surface area contributed by atoms with Gasteiger partial charge in [0.05, 0.1) is 21.2 Å². The maximum atomic E-state index is 12.2. The highest BCUT2D eigenvalue weighted by Gasteiger charge is 2.22. The van der Waals surface area contributed by atoms with Crippen molar-refractivity contribution in [1.82, 2.24) is 14.2 Å². The Kier molecular flexibility index (Phi) is 7.64. The van der Waals surface area contributed by atoms with Gasteiger partial charge in [0.25, 0.3) is 5.91 Å². The van der Waals surface area contributed by atoms with Crippen molar-refractivity contribution in [2.75, 3.05) is 45.2 Å². The summed E-state index contributed by atoms with van der Waals surface area (Å²) < 4.78 is 2.27. The minimum Gasteiger partial charge on any atom is -0.353 e. The van der Waals surface area contributed by atoms with Gasteiger partial charge in [-0.15, -0.1) is 0 Å². The van der Waals surface area contributed by atoms with Gasteiger partial charge < -0.3 is 9.80 Å². The van der Waals surface area contributed by atoms with Gasteiger partial charge >= 0.3 is 0 Å². The quantitative estimate of drug-likeness (QED) is 0.424. The standard InChI is InChI=1S/C25H23Cl2N5OS/c1-30(2)25(33)20-8-7-17(14-22(20)27)19-13-18(15-28)24(29-16-19)31-9-11-32(12-10-31)34-23-6-4-3-5-21(23)26/h3-8,13-14,16H,9-12H2,1-2H3. The molecule has 6 nitrogen and oxygen atoms in total. The number of nitriles is 1. The Balaban J connectivity index is 1.48. The fourth-order valence-electron chi connectivity index (χ4n) is 3.71. The molecule has 9 heteroatoms. The molecule has 0 N–H and O–H groups in total. The summed E-state index contributed by atoms with van der Waals surface area (Å²) in [5.41, 5.74) is 2.53. The Hall–Kier alpha value is -2.76. The first-order chi connectivity index (χ1) is 16.4. The van der Waals surface area contributed by atoms with Gasteiger partial charge in [-0.3, -0.25) is 4.79 Å². The SMILES string of the molecule is CN(C)C(=O)c1ccc(-c2cnc(N3CCN(Sc4ccccc4Cl)CC3)c(C#N)c2)cc1Cl. The highest BCUT2D eigenvalue weighted by atomic mass is 35.5. The molecule has 0 spiro atoms. The average Bonchev–Trinajstić information content (AvgIpc) is 2.85. The van der Waals surface area contributed by atoms with Crippen molar-refractivity contribution < 1.29 is 4.79 Å². The van der Waals surface area contributed by atoms with Crippen LogP contribution < -0.4 is 4.90 Å². The lowest BCUT2D eigenvalue weighted by molar-refractivity contribution is 0.0828. The minimum absolute atomic E-state index is 0.158. The number of amides is 1. The van der Waals surface area contributed by atoms with E-state index in [1.807, 2.05) is 36.4 Å². The molecule has 0 radical (unpaired) electrons. The van der Waals surface area contributed by atoms with Crippen LogP contribution in [-0.2, 0) is 0 Å². The first-order valence-electron chi connectivity index (χ1n) is 10.7. The smallest absolute Gasteiger partial charge is 0.254 e. The number of piperazine rings is 1. The van der Waals surface area contributed by atoms with Gasteiger partial charge in [-0.2, -0.15) is 5.26 Å². The van der Waals surface area contributed by atoms with Crippen LogP contribution in [0.4, 0.5) is 5.82 Å². The van der Waals surface area contributed by atoms with Crippen molar-refractivity contribution in [3.8, 4) is 17.2 Å². The Morgan fingerprint density at radius 1 is 1.03 bits per heavy atom. The number of halogens is 2. The van der Waals surface area contributed by atoms with Gasteiger partial charge in [0.15, 0.2) is 0 Å². The molecular formula is C25H23Cl2N5OS. The lowest BCUT2D eigenvalue weighted by atomic mass is 10.0. The molecule has 0 atom stereocenters. The van der Waals surface area contributed by atoms with E-state index in [4.69, 9.17) is 23.2 Å². The third kappa shape index (κ3) is 5.31. The molecular weight excluding hydrogens is 489 g/mol. The fraction of sp³-hybridized carbons (Fsp3) is 0.240. The second kappa shape index (κ2) is 10.7. The predicted octanol–water partition coefficient (Wildman–Crippen LogP) is 5.46. The molecule has 0 saturated carbocycles. The second-order valence-electron chi connectivity index (χ2n) is 8.04. The number of pyridine rings is 1. The molecule has 0 aliphatic carbocycles. The van der Waals surface area contributed by atoms with Gasteiger partial charge in [0, 0.05) is 56.9 Å². The molecule has 1 aliphatic heterocycles. The number of nitrogens with zero attached hydrogens (tertiary/aromatic N) is 5. The average molecular weight is 512 g/mol. The first kappa shape index (κ1) is 24.4. The summed E-state index contributed by atoms with van der Waals surface area (Å²) >= 11 is 14.3. The summed E-state index contributed by atoms with van der Waals surface area (Å²) in [6.07, 6.45) is 1.75. The molecule has 1 aliphatic rings. The fourth-order valence-corrected chi connectivity index (χ4v) is 5.13. The number of rotatable bonds is 5. The highest BCUT2D eigenvalue weighted by Crippen LogP contribution is 2.32. The molecule has 1 amide bonds. The Morgan fingerprint density at radius 3 is 2.41 bits per heavy atom. The monoisotopic (exact) mass is 511 g/mol. The Labute approximate surface area is 213 Å². The van der Waals surface area contributed by atoms with Gasteiger partial charge in [0.2, 0.25) is 0 Å². The molecule has 1 aromatic heterocycles. The molecule has 34 heavy (non-hydrogen) atoms. The Bertz CT molecular complexity index is 1250. The van der Waals surface area contributed by atoms with Crippen LogP contribution in [-0.4, -0.2) is 60.4 Å². The van der Waals surface area contributed by atoms with Crippen LogP contribution in [0, 0.1) is 11.3 Å². The zero-order chi connectivity index (χ0) is 24.2. The molecule has 0 unspecified atom stereocenters. The van der Waals surface area contributed by atoms with Gasteiger partial charge in [-0.1, -0.05) is 41.4 Å². The van der Waals surface area contributed by atoms with Crippen LogP contribution >= 0.6 is 35.1 Å². The summed E-state index contributed by atoms with van der Waals surface area (Å²) in [5, 5.41) is 10.9. The van der Waals surface area contributed by atoms with Crippen molar-refractivity contribution >= 4 is 46.9 Å². The molecule has 1 saturated heterocycles. The predicted molar refractivity (Wildman–Crippen MR) is 139 cm³/mol. The van der Waals surface area contributed by atoms with Crippen molar-refractivity contribution in [3.63, 3.8) is 0 Å². The summed E-state index contributed by atoms with van der Waals surface area (Å²) in [4.78, 5) is 21.5. The van der Waals surface area contributed by atoms with E-state index in [9.17, 15) is 10.1 Å². The zero-order valence-corrected chi connectivity index (χ0v) is 21.2. The largest absolute Gasteiger partial charge is 0.353 e. The third-order valence-corrected chi connectivity index (χ3v) is 7.46. The maximum absolute atomic E-state index is 12.2. The van der Waals surface area contributed by atoms with Crippen molar-refractivity contribution in [1.29, 1.82) is 5.26 Å². The van der Waals surface area contributed by atoms with Gasteiger partial charge in [-0.25, -0.2) is 9.29 Å². The van der Waals surface area contributed by atoms with Gasteiger partial charge in [-0.05, 0) is 47.8 Å². The number of hydrogen-bond acceptors (Lipinski definition) is 6. The lowest BCUT2D eigenvalue weighted by Gasteiger charge is -2.35. The lowest BCUT2D eigenvalue weighted by Crippen LogP contribution is -2.44. The van der Waals surface area contributed by atoms with Crippen LogP contribution in [0.3, 0.4) is 0 Å². The summed E-state index contributed by atoms with van der Waals surface area (Å²) in [7, 11) is 3.37. The number of carbonyl (C=O) groups is 1. The first-order valence-corrected chi connectivity index (χ1v) is 12.2. The zero-order valence-electron chi connectivity index (χ0n) is 18.8. The van der Waals surface area contributed by atoms with Crippen molar-refractivity contribution in [2.24, 2.45) is 0 Å². The van der Waals surface area contributed by atoms with Crippen LogP contribution in [0.5, 0.6) is 0 Å². The van der Waals surface area contributed by atoms with Crippen molar-refractivity contribution in [2.45, 2.75) is 4.90 Å². The highest BCUT2D eigenvalue weighted by molar-refractivity contribution is 7.97. The molecule has 174 valence electrons. The molecule has 2 heterocycles. The number of carbonyl (C=O) groups excluding carboxylic acids is 1. The number of benzene rings is 2. The van der Waals surface area contributed by atoms with Crippen LogP contribution in [0.2, 0.25) is 10.0 Å². The maximum Gasteiger partial charge on any atom is 0.254 e. The van der Waals surface area contributed by atoms with E-state index in [0.29, 0.717) is 22.0 Å². The summed E-state index contributed by atoms with van der Waals surface area (Å²) in [6.45, 7) is 3.15. The third-order valence-electron chi connectivity index (χ3n) is 5.53. The number of aromatic nitrogens is 1. The summed E-state index contributed by atoms with van der Waals surface area (Å²) in [6, 6.07) is 17.2. The molecule has 0 bridgehead atoms. The topological polar surface area (TPSA) is 63.5 Å². The van der Waals surface area contributed by atoms with E-state index in [2.05, 4.69) is 20.3 Å². The molecule has 3 aromatic rings.